The van der Waals surface area contributed by atoms with Crippen LogP contribution in [0.5, 0.6) is 0 Å². The van der Waals surface area contributed by atoms with Crippen molar-refractivity contribution in [2.75, 3.05) is 5.32 Å². The third-order valence-electron chi connectivity index (χ3n) is 3.60. The van der Waals surface area contributed by atoms with Gasteiger partial charge in [0, 0.05) is 54.1 Å². The Morgan fingerprint density at radius 1 is 1.16 bits per heavy atom. The van der Waals surface area contributed by atoms with Gasteiger partial charge in [-0.3, -0.25) is 19.3 Å². The molecule has 0 saturated carbocycles. The Bertz CT molecular complexity index is 927. The Morgan fingerprint density at radius 3 is 2.64 bits per heavy atom. The molecule has 0 aliphatic carbocycles. The van der Waals surface area contributed by atoms with Crippen LogP contribution in [0.2, 0.25) is 0 Å². The van der Waals surface area contributed by atoms with Crippen molar-refractivity contribution in [3.8, 4) is 11.1 Å². The van der Waals surface area contributed by atoms with Crippen LogP contribution in [0.3, 0.4) is 0 Å². The van der Waals surface area contributed by atoms with E-state index < -0.39 is 0 Å². The normalized spacial score (nSPS) is 10.8. The summed E-state index contributed by atoms with van der Waals surface area (Å²) in [6.07, 6.45) is 11.0. The van der Waals surface area contributed by atoms with E-state index in [1.807, 2.05) is 19.3 Å². The number of anilines is 1. The molecular weight excluding hydrogens is 316 g/mol. The number of amides is 1. The second kappa shape index (κ2) is 7.35. The second-order valence-electron chi connectivity index (χ2n) is 5.43. The number of pyridine rings is 1. The van der Waals surface area contributed by atoms with Gasteiger partial charge in [0.2, 0.25) is 5.91 Å². The van der Waals surface area contributed by atoms with Gasteiger partial charge in [0.05, 0.1) is 6.20 Å². The molecule has 0 saturated heterocycles. The van der Waals surface area contributed by atoms with Crippen molar-refractivity contribution in [1.29, 1.82) is 0 Å². The molecular formula is C19H16N4O2. The molecule has 0 aliphatic rings. The Balaban J connectivity index is 1.75. The highest BCUT2D eigenvalue weighted by Gasteiger charge is 2.05. The first-order valence-corrected chi connectivity index (χ1v) is 7.63. The van der Waals surface area contributed by atoms with Gasteiger partial charge < -0.3 is 5.32 Å². The maximum atomic E-state index is 12.1. The van der Waals surface area contributed by atoms with Crippen LogP contribution < -0.4 is 5.32 Å². The minimum atomic E-state index is -0.264. The van der Waals surface area contributed by atoms with E-state index in [9.17, 15) is 9.59 Å². The minimum absolute atomic E-state index is 0.264. The van der Waals surface area contributed by atoms with Crippen molar-refractivity contribution in [1.82, 2.24) is 14.8 Å². The van der Waals surface area contributed by atoms with E-state index in [-0.39, 0.29) is 5.91 Å². The number of aryl methyl sites for hydroxylation is 1. The average molecular weight is 332 g/mol. The van der Waals surface area contributed by atoms with Gasteiger partial charge in [-0.2, -0.15) is 5.10 Å². The predicted octanol–water partition coefficient (Wildman–Crippen LogP) is 2.95. The molecule has 0 fully saturated rings. The number of hydrogen-bond acceptors (Lipinski definition) is 4. The predicted molar refractivity (Wildman–Crippen MR) is 95.9 cm³/mol. The van der Waals surface area contributed by atoms with Gasteiger partial charge in [-0.05, 0) is 42.0 Å². The van der Waals surface area contributed by atoms with E-state index in [4.69, 9.17) is 0 Å². The molecule has 1 amide bonds. The fraction of sp³-hybridized carbons (Fsp3) is 0.0526. The number of carbonyl (C=O) groups is 2. The summed E-state index contributed by atoms with van der Waals surface area (Å²) in [7, 11) is 1.85. The molecule has 2 heterocycles. The first-order chi connectivity index (χ1) is 12.2. The standard InChI is InChI=1S/C19H16N4O2/c1-23-12-16(11-21-23)18-8-9-20-10-15(18)4-7-19(25)22-17-5-2-14(13-24)3-6-17/h2-13H,1H3,(H,22,25). The van der Waals surface area contributed by atoms with E-state index in [1.54, 1.807) is 53.6 Å². The number of aromatic nitrogens is 3. The third-order valence-corrected chi connectivity index (χ3v) is 3.60. The molecule has 1 aromatic carbocycles. The number of nitrogens with one attached hydrogen (secondary N) is 1. The summed E-state index contributed by atoms with van der Waals surface area (Å²) in [6, 6.07) is 8.54. The molecule has 3 aromatic rings. The second-order valence-corrected chi connectivity index (χ2v) is 5.43. The third kappa shape index (κ3) is 4.06. The Morgan fingerprint density at radius 2 is 1.96 bits per heavy atom. The first-order valence-electron chi connectivity index (χ1n) is 7.63. The fourth-order valence-electron chi connectivity index (χ4n) is 2.36. The highest BCUT2D eigenvalue weighted by molar-refractivity contribution is 6.02. The highest BCUT2D eigenvalue weighted by Crippen LogP contribution is 2.23. The smallest absolute Gasteiger partial charge is 0.248 e. The quantitative estimate of drug-likeness (QED) is 0.576. The van der Waals surface area contributed by atoms with Gasteiger partial charge in [-0.25, -0.2) is 0 Å². The van der Waals surface area contributed by atoms with Crippen LogP contribution >= 0.6 is 0 Å². The van der Waals surface area contributed by atoms with Crippen LogP contribution in [0.15, 0.2) is 61.2 Å². The van der Waals surface area contributed by atoms with Gasteiger partial charge in [0.25, 0.3) is 0 Å². The van der Waals surface area contributed by atoms with Crippen molar-refractivity contribution in [3.05, 3.63) is 72.3 Å². The molecule has 0 atom stereocenters. The number of carbonyl (C=O) groups excluding carboxylic acids is 2. The SMILES string of the molecule is Cn1cc(-c2ccncc2C=CC(=O)Nc2ccc(C=O)cc2)cn1. The lowest BCUT2D eigenvalue weighted by Gasteiger charge is -2.04. The molecule has 0 radical (unpaired) electrons. The van der Waals surface area contributed by atoms with Gasteiger partial charge in [0.15, 0.2) is 0 Å². The molecule has 1 N–H and O–H groups in total. The van der Waals surface area contributed by atoms with Crippen LogP contribution in [0.1, 0.15) is 15.9 Å². The van der Waals surface area contributed by atoms with Crippen LogP contribution in [0.25, 0.3) is 17.2 Å². The highest BCUT2D eigenvalue weighted by atomic mass is 16.1. The summed E-state index contributed by atoms with van der Waals surface area (Å²) in [5, 5.41) is 6.92. The lowest BCUT2D eigenvalue weighted by Crippen LogP contribution is -2.07. The summed E-state index contributed by atoms with van der Waals surface area (Å²) in [4.78, 5) is 26.8. The Hall–Kier alpha value is -3.54. The molecule has 0 spiro atoms. The molecule has 25 heavy (non-hydrogen) atoms. The molecule has 0 unspecified atom stereocenters. The van der Waals surface area contributed by atoms with E-state index in [2.05, 4.69) is 15.4 Å². The van der Waals surface area contributed by atoms with E-state index in [0.29, 0.717) is 11.3 Å². The van der Waals surface area contributed by atoms with Crippen molar-refractivity contribution in [3.63, 3.8) is 0 Å². The van der Waals surface area contributed by atoms with E-state index in [0.717, 1.165) is 23.0 Å². The van der Waals surface area contributed by atoms with Crippen molar-refractivity contribution >= 4 is 24.0 Å². The topological polar surface area (TPSA) is 76.9 Å². The van der Waals surface area contributed by atoms with Crippen molar-refractivity contribution < 1.29 is 9.59 Å². The van der Waals surface area contributed by atoms with E-state index >= 15 is 0 Å². The zero-order valence-electron chi connectivity index (χ0n) is 13.6. The molecule has 0 aliphatic heterocycles. The van der Waals surface area contributed by atoms with Gasteiger partial charge in [-0.1, -0.05) is 0 Å². The van der Waals surface area contributed by atoms with Crippen LogP contribution in [0, 0.1) is 0 Å². The summed E-state index contributed by atoms with van der Waals surface area (Å²) in [6.45, 7) is 0. The van der Waals surface area contributed by atoms with Gasteiger partial charge in [-0.15, -0.1) is 0 Å². The van der Waals surface area contributed by atoms with Crippen molar-refractivity contribution in [2.45, 2.75) is 0 Å². The Kier molecular flexibility index (Phi) is 4.80. The number of hydrogen-bond donors (Lipinski definition) is 1. The molecule has 2 aromatic heterocycles. The van der Waals surface area contributed by atoms with Gasteiger partial charge >= 0.3 is 0 Å². The maximum absolute atomic E-state index is 12.1. The van der Waals surface area contributed by atoms with E-state index in [1.165, 1.54) is 6.08 Å². The largest absolute Gasteiger partial charge is 0.323 e. The lowest BCUT2D eigenvalue weighted by molar-refractivity contribution is -0.111. The fourth-order valence-corrected chi connectivity index (χ4v) is 2.36. The summed E-state index contributed by atoms with van der Waals surface area (Å²) in [5.74, 6) is -0.264. The number of aldehydes is 1. The number of benzene rings is 1. The summed E-state index contributed by atoms with van der Waals surface area (Å²) < 4.78 is 1.72. The minimum Gasteiger partial charge on any atom is -0.323 e. The van der Waals surface area contributed by atoms with Crippen LogP contribution in [-0.4, -0.2) is 27.0 Å². The zero-order valence-corrected chi connectivity index (χ0v) is 13.6. The lowest BCUT2D eigenvalue weighted by atomic mass is 10.0. The zero-order chi connectivity index (χ0) is 17.6. The first kappa shape index (κ1) is 16.3. The van der Waals surface area contributed by atoms with Crippen molar-refractivity contribution in [2.24, 2.45) is 7.05 Å². The maximum Gasteiger partial charge on any atom is 0.248 e. The molecule has 124 valence electrons. The summed E-state index contributed by atoms with van der Waals surface area (Å²) >= 11 is 0. The molecule has 6 nitrogen and oxygen atoms in total. The average Bonchev–Trinajstić information content (AvgIpc) is 3.07. The number of rotatable bonds is 5. The summed E-state index contributed by atoms with van der Waals surface area (Å²) in [5.41, 5.74) is 3.91. The van der Waals surface area contributed by atoms with Gasteiger partial charge in [0.1, 0.15) is 6.29 Å². The molecule has 0 bridgehead atoms. The molecule has 3 rings (SSSR count). The Labute approximate surface area is 144 Å². The van der Waals surface area contributed by atoms with Crippen LogP contribution in [0.4, 0.5) is 5.69 Å². The van der Waals surface area contributed by atoms with Crippen LogP contribution in [-0.2, 0) is 11.8 Å². The monoisotopic (exact) mass is 332 g/mol. The number of nitrogens with zero attached hydrogens (tertiary/aromatic N) is 3. The molecule has 6 heteroatoms.